The van der Waals surface area contributed by atoms with Gasteiger partial charge in [-0.25, -0.2) is 4.79 Å². The lowest BCUT2D eigenvalue weighted by Gasteiger charge is -2.36. The summed E-state index contributed by atoms with van der Waals surface area (Å²) in [6, 6.07) is 22.5. The summed E-state index contributed by atoms with van der Waals surface area (Å²) in [6.45, 7) is 0. The molecule has 3 unspecified atom stereocenters. The van der Waals surface area contributed by atoms with Crippen molar-refractivity contribution in [3.63, 3.8) is 0 Å². The third-order valence-corrected chi connectivity index (χ3v) is 6.72. The maximum absolute atomic E-state index is 13.1. The fourth-order valence-electron chi connectivity index (χ4n) is 4.73. The Morgan fingerprint density at radius 1 is 0.838 bits per heavy atom. The van der Waals surface area contributed by atoms with E-state index >= 15 is 0 Å². The molecule has 5 rings (SSSR count). The van der Waals surface area contributed by atoms with Crippen molar-refractivity contribution in [3.8, 4) is 28.4 Å². The highest BCUT2D eigenvalue weighted by Gasteiger charge is 2.42. The monoisotopic (exact) mass is 500 g/mol. The summed E-state index contributed by atoms with van der Waals surface area (Å²) in [5.74, 6) is 0.861. The van der Waals surface area contributed by atoms with Crippen LogP contribution >= 0.6 is 0 Å². The Morgan fingerprint density at radius 3 is 2.19 bits per heavy atom. The fraction of sp³-hybridized carbons (Fsp3) is 0.267. The van der Waals surface area contributed by atoms with Crippen molar-refractivity contribution in [1.29, 1.82) is 0 Å². The van der Waals surface area contributed by atoms with E-state index in [4.69, 9.17) is 23.7 Å². The molecule has 37 heavy (non-hydrogen) atoms. The van der Waals surface area contributed by atoms with Crippen LogP contribution in [-0.4, -0.2) is 38.2 Å². The number of hydrogen-bond donors (Lipinski definition) is 0. The summed E-state index contributed by atoms with van der Waals surface area (Å²) in [5.41, 5.74) is 2.51. The first-order chi connectivity index (χ1) is 18.0. The second-order valence-electron chi connectivity index (χ2n) is 9.06. The van der Waals surface area contributed by atoms with Gasteiger partial charge in [-0.2, -0.15) is 0 Å². The van der Waals surface area contributed by atoms with Crippen LogP contribution in [0, 0.1) is 5.92 Å². The van der Waals surface area contributed by atoms with Gasteiger partial charge in [0.25, 0.3) is 0 Å². The molecular formula is C30H28O7. The molecule has 1 aliphatic heterocycles. The molecule has 0 amide bonds. The minimum atomic E-state index is -0.471. The maximum atomic E-state index is 13.1. The van der Waals surface area contributed by atoms with Gasteiger partial charge >= 0.3 is 5.97 Å². The van der Waals surface area contributed by atoms with Gasteiger partial charge in [-0.1, -0.05) is 42.5 Å². The third kappa shape index (κ3) is 5.45. The van der Waals surface area contributed by atoms with E-state index in [1.807, 2.05) is 54.6 Å². The number of benzene rings is 3. The largest absolute Gasteiger partial charge is 0.497 e. The number of rotatable bonds is 7. The molecule has 1 saturated carbocycles. The minimum absolute atomic E-state index is 0.0919. The van der Waals surface area contributed by atoms with Crippen LogP contribution in [0.4, 0.5) is 0 Å². The first kappa shape index (κ1) is 24.4. The molecule has 1 aliphatic carbocycles. The standard InChI is InChI=1S/C30H28O7/c1-33-24-14-21(15-25(16-24)34-2)30(32)37-23-12-13-26-27(17-23)35-18-28(29(26)31)36-22-10-8-20(9-11-22)19-6-4-3-5-7-19/h3-11,14-16,18,23,26-27H,12-13,17H2,1-2H3. The van der Waals surface area contributed by atoms with E-state index in [1.54, 1.807) is 18.2 Å². The quantitative estimate of drug-likeness (QED) is 0.392. The van der Waals surface area contributed by atoms with Crippen LogP contribution in [0.15, 0.2) is 84.8 Å². The first-order valence-corrected chi connectivity index (χ1v) is 12.2. The van der Waals surface area contributed by atoms with Gasteiger partial charge in [-0.15, -0.1) is 0 Å². The highest BCUT2D eigenvalue weighted by molar-refractivity contribution is 5.96. The second kappa shape index (κ2) is 10.8. The number of esters is 1. The molecule has 0 saturated heterocycles. The summed E-state index contributed by atoms with van der Waals surface area (Å²) >= 11 is 0. The molecule has 0 bridgehead atoms. The topological polar surface area (TPSA) is 80.3 Å². The fourth-order valence-corrected chi connectivity index (χ4v) is 4.73. The number of carbonyl (C=O) groups is 2. The summed E-state index contributed by atoms with van der Waals surface area (Å²) in [7, 11) is 3.04. The van der Waals surface area contributed by atoms with E-state index in [-0.39, 0.29) is 29.7 Å². The lowest BCUT2D eigenvalue weighted by atomic mass is 9.80. The molecule has 3 aromatic rings. The van der Waals surface area contributed by atoms with Crippen molar-refractivity contribution < 1.29 is 33.3 Å². The highest BCUT2D eigenvalue weighted by Crippen LogP contribution is 2.36. The molecular weight excluding hydrogens is 472 g/mol. The van der Waals surface area contributed by atoms with Crippen LogP contribution in [-0.2, 0) is 14.3 Å². The number of allylic oxidation sites excluding steroid dienone is 1. The molecule has 7 heteroatoms. The Kier molecular flexibility index (Phi) is 7.12. The number of Topliss-reactive ketones (excluding diaryl/α,β-unsaturated/α-hetero) is 1. The molecule has 0 radical (unpaired) electrons. The molecule has 190 valence electrons. The van der Waals surface area contributed by atoms with Gasteiger partial charge in [-0.05, 0) is 48.2 Å². The van der Waals surface area contributed by atoms with Crippen molar-refractivity contribution in [3.05, 3.63) is 90.4 Å². The lowest BCUT2D eigenvalue weighted by Crippen LogP contribution is -2.43. The molecule has 0 N–H and O–H groups in total. The third-order valence-electron chi connectivity index (χ3n) is 6.72. The van der Waals surface area contributed by atoms with Gasteiger partial charge < -0.3 is 23.7 Å². The number of ketones is 1. The van der Waals surface area contributed by atoms with Gasteiger partial charge in [0.1, 0.15) is 35.7 Å². The van der Waals surface area contributed by atoms with Gasteiger partial charge in [-0.3, -0.25) is 4.79 Å². The van der Waals surface area contributed by atoms with Crippen LogP contribution in [0.2, 0.25) is 0 Å². The smallest absolute Gasteiger partial charge is 0.338 e. The predicted molar refractivity (Wildman–Crippen MR) is 137 cm³/mol. The van der Waals surface area contributed by atoms with Crippen LogP contribution in [0.5, 0.6) is 17.2 Å². The van der Waals surface area contributed by atoms with Crippen LogP contribution in [0.25, 0.3) is 11.1 Å². The highest BCUT2D eigenvalue weighted by atomic mass is 16.6. The lowest BCUT2D eigenvalue weighted by molar-refractivity contribution is -0.132. The number of methoxy groups -OCH3 is 2. The molecule has 1 fully saturated rings. The van der Waals surface area contributed by atoms with Gasteiger partial charge in [0.05, 0.1) is 25.7 Å². The van der Waals surface area contributed by atoms with Crippen molar-refractivity contribution in [2.45, 2.75) is 31.5 Å². The summed E-state index contributed by atoms with van der Waals surface area (Å²) < 4.78 is 28.0. The Bertz CT molecular complexity index is 1280. The zero-order valence-corrected chi connectivity index (χ0v) is 20.7. The maximum Gasteiger partial charge on any atom is 0.338 e. The molecule has 3 atom stereocenters. The van der Waals surface area contributed by atoms with Crippen molar-refractivity contribution in [2.24, 2.45) is 5.92 Å². The molecule has 2 aliphatic rings. The summed E-state index contributed by atoms with van der Waals surface area (Å²) in [6.07, 6.45) is 2.18. The Hall–Kier alpha value is -4.26. The average Bonchev–Trinajstić information content (AvgIpc) is 2.95. The average molecular weight is 501 g/mol. The van der Waals surface area contributed by atoms with Crippen LogP contribution < -0.4 is 14.2 Å². The molecule has 0 aromatic heterocycles. The van der Waals surface area contributed by atoms with Gasteiger partial charge in [0.15, 0.2) is 0 Å². The number of hydrogen-bond acceptors (Lipinski definition) is 7. The van der Waals surface area contributed by atoms with E-state index in [0.29, 0.717) is 42.1 Å². The molecule has 7 nitrogen and oxygen atoms in total. The zero-order valence-electron chi connectivity index (χ0n) is 20.7. The van der Waals surface area contributed by atoms with Crippen molar-refractivity contribution in [2.75, 3.05) is 14.2 Å². The second-order valence-corrected chi connectivity index (χ2v) is 9.06. The summed E-state index contributed by atoms with van der Waals surface area (Å²) in [5, 5.41) is 0. The van der Waals surface area contributed by atoms with Crippen LogP contribution in [0.3, 0.4) is 0 Å². The molecule has 1 heterocycles. The normalized spacial score (nSPS) is 20.6. The van der Waals surface area contributed by atoms with Crippen molar-refractivity contribution in [1.82, 2.24) is 0 Å². The zero-order chi connectivity index (χ0) is 25.8. The SMILES string of the molecule is COc1cc(OC)cc(C(=O)OC2CCC3C(=O)C(Oc4ccc(-c5ccccc5)cc4)=COC3C2)c1. The molecule has 3 aromatic carbocycles. The predicted octanol–water partition coefficient (Wildman–Crippen LogP) is 5.58. The molecule has 0 spiro atoms. The van der Waals surface area contributed by atoms with E-state index in [2.05, 4.69) is 0 Å². The summed E-state index contributed by atoms with van der Waals surface area (Å²) in [4.78, 5) is 25.9. The van der Waals surface area contributed by atoms with E-state index in [1.165, 1.54) is 20.5 Å². The van der Waals surface area contributed by atoms with Gasteiger partial charge in [0, 0.05) is 12.5 Å². The van der Waals surface area contributed by atoms with Gasteiger partial charge in [0.2, 0.25) is 11.5 Å². The van der Waals surface area contributed by atoms with Crippen LogP contribution in [0.1, 0.15) is 29.6 Å². The number of ether oxygens (including phenoxy) is 5. The first-order valence-electron chi connectivity index (χ1n) is 12.2. The van der Waals surface area contributed by atoms with E-state index in [0.717, 1.165) is 11.1 Å². The van der Waals surface area contributed by atoms with Crippen molar-refractivity contribution >= 4 is 11.8 Å². The Labute approximate surface area is 215 Å². The van der Waals surface area contributed by atoms with E-state index in [9.17, 15) is 9.59 Å². The number of fused-ring (bicyclic) bond motifs is 1. The number of carbonyl (C=O) groups excluding carboxylic acids is 2. The Balaban J connectivity index is 1.20. The Morgan fingerprint density at radius 2 is 1.51 bits per heavy atom. The minimum Gasteiger partial charge on any atom is -0.497 e. The van der Waals surface area contributed by atoms with E-state index < -0.39 is 5.97 Å².